The van der Waals surface area contributed by atoms with E-state index in [9.17, 15) is 9.59 Å². The van der Waals surface area contributed by atoms with Crippen molar-refractivity contribution in [3.8, 4) is 6.07 Å². The van der Waals surface area contributed by atoms with E-state index in [2.05, 4.69) is 5.32 Å². The van der Waals surface area contributed by atoms with E-state index < -0.39 is 11.6 Å². The standard InChI is InChI=1S/C18H15N3O2/c19-11-12-21-16(22)18(20-17(21)23,15-9-5-2-6-10-15)13-14-7-3-1-4-8-14/h1-10H,12-13H2,(H,20,23). The third-order valence-corrected chi connectivity index (χ3v) is 3.98. The second-order valence-corrected chi connectivity index (χ2v) is 5.41. The predicted molar refractivity (Wildman–Crippen MR) is 84.1 cm³/mol. The van der Waals surface area contributed by atoms with Gasteiger partial charge in [0.2, 0.25) is 0 Å². The quantitative estimate of drug-likeness (QED) is 0.695. The van der Waals surface area contributed by atoms with Crippen LogP contribution in [-0.2, 0) is 16.8 Å². The Bertz CT molecular complexity index is 768. The molecule has 1 N–H and O–H groups in total. The largest absolute Gasteiger partial charge is 0.326 e. The van der Waals surface area contributed by atoms with Crippen molar-refractivity contribution >= 4 is 11.9 Å². The molecule has 114 valence electrons. The van der Waals surface area contributed by atoms with Gasteiger partial charge in [0, 0.05) is 6.42 Å². The zero-order valence-corrected chi connectivity index (χ0v) is 12.4. The topological polar surface area (TPSA) is 73.2 Å². The van der Waals surface area contributed by atoms with Gasteiger partial charge in [-0.2, -0.15) is 5.26 Å². The Hall–Kier alpha value is -3.13. The molecule has 2 aromatic carbocycles. The summed E-state index contributed by atoms with van der Waals surface area (Å²) in [5.74, 6) is -0.390. The Balaban J connectivity index is 2.07. The Kier molecular flexibility index (Phi) is 3.82. The zero-order chi connectivity index (χ0) is 16.3. The van der Waals surface area contributed by atoms with Gasteiger partial charge in [-0.3, -0.25) is 4.79 Å². The third kappa shape index (κ3) is 2.55. The fourth-order valence-corrected chi connectivity index (χ4v) is 2.88. The average molecular weight is 305 g/mol. The van der Waals surface area contributed by atoms with Crippen LogP contribution in [0.4, 0.5) is 4.79 Å². The van der Waals surface area contributed by atoms with Crippen molar-refractivity contribution in [2.24, 2.45) is 0 Å². The maximum Gasteiger partial charge on any atom is 0.326 e. The monoisotopic (exact) mass is 305 g/mol. The van der Waals surface area contributed by atoms with Crippen LogP contribution in [-0.4, -0.2) is 23.4 Å². The molecule has 1 aliphatic rings. The lowest BCUT2D eigenvalue weighted by atomic mass is 9.83. The molecule has 1 heterocycles. The van der Waals surface area contributed by atoms with Gasteiger partial charge in [0.15, 0.2) is 5.54 Å². The number of nitrogens with zero attached hydrogens (tertiary/aromatic N) is 2. The van der Waals surface area contributed by atoms with E-state index in [1.165, 1.54) is 0 Å². The molecule has 0 saturated carbocycles. The molecule has 0 aromatic heterocycles. The minimum absolute atomic E-state index is 0.256. The maximum absolute atomic E-state index is 12.9. The summed E-state index contributed by atoms with van der Waals surface area (Å²) >= 11 is 0. The minimum Gasteiger partial charge on any atom is -0.319 e. The number of amides is 3. The summed E-state index contributed by atoms with van der Waals surface area (Å²) in [5, 5.41) is 11.7. The molecule has 1 atom stereocenters. The Labute approximate surface area is 134 Å². The third-order valence-electron chi connectivity index (χ3n) is 3.98. The van der Waals surface area contributed by atoms with Crippen molar-refractivity contribution in [1.82, 2.24) is 10.2 Å². The van der Waals surface area contributed by atoms with E-state index in [4.69, 9.17) is 5.26 Å². The van der Waals surface area contributed by atoms with Crippen LogP contribution in [0.1, 0.15) is 11.1 Å². The molecule has 1 unspecified atom stereocenters. The van der Waals surface area contributed by atoms with E-state index >= 15 is 0 Å². The summed E-state index contributed by atoms with van der Waals surface area (Å²) in [4.78, 5) is 26.1. The normalized spacial score (nSPS) is 20.2. The van der Waals surface area contributed by atoms with Crippen LogP contribution in [0.5, 0.6) is 0 Å². The Morgan fingerprint density at radius 3 is 2.22 bits per heavy atom. The number of carbonyl (C=O) groups excluding carboxylic acids is 2. The fraction of sp³-hybridized carbons (Fsp3) is 0.167. The highest BCUT2D eigenvalue weighted by Gasteiger charge is 2.52. The number of hydrogen-bond acceptors (Lipinski definition) is 3. The van der Waals surface area contributed by atoms with Crippen LogP contribution < -0.4 is 5.32 Å². The molecule has 1 aliphatic heterocycles. The van der Waals surface area contributed by atoms with E-state index in [1.807, 2.05) is 66.7 Å². The minimum atomic E-state index is -1.17. The van der Waals surface area contributed by atoms with Gasteiger partial charge < -0.3 is 5.32 Å². The molecule has 0 radical (unpaired) electrons. The SMILES string of the molecule is N#CCN1C(=O)NC(Cc2ccccc2)(c2ccccc2)C1=O. The first kappa shape index (κ1) is 14.8. The van der Waals surface area contributed by atoms with Crippen molar-refractivity contribution < 1.29 is 9.59 Å². The zero-order valence-electron chi connectivity index (χ0n) is 12.4. The number of hydrogen-bond donors (Lipinski definition) is 1. The second-order valence-electron chi connectivity index (χ2n) is 5.41. The first-order chi connectivity index (χ1) is 11.2. The van der Waals surface area contributed by atoms with Gasteiger partial charge in [0.05, 0.1) is 6.07 Å². The Morgan fingerprint density at radius 1 is 1.00 bits per heavy atom. The number of imide groups is 1. The van der Waals surface area contributed by atoms with E-state index in [1.54, 1.807) is 0 Å². The molecule has 0 aliphatic carbocycles. The number of rotatable bonds is 4. The van der Waals surface area contributed by atoms with Crippen LogP contribution >= 0.6 is 0 Å². The van der Waals surface area contributed by atoms with Crippen molar-refractivity contribution in [1.29, 1.82) is 5.26 Å². The summed E-state index contributed by atoms with van der Waals surface area (Å²) in [7, 11) is 0. The lowest BCUT2D eigenvalue weighted by Gasteiger charge is -2.27. The van der Waals surface area contributed by atoms with Gasteiger partial charge >= 0.3 is 6.03 Å². The second kappa shape index (κ2) is 5.93. The van der Waals surface area contributed by atoms with Gasteiger partial charge in [0.25, 0.3) is 5.91 Å². The number of urea groups is 1. The van der Waals surface area contributed by atoms with Gasteiger partial charge in [0.1, 0.15) is 6.54 Å². The summed E-state index contributed by atoms with van der Waals surface area (Å²) in [6.45, 7) is -0.256. The van der Waals surface area contributed by atoms with Crippen molar-refractivity contribution in [2.45, 2.75) is 12.0 Å². The van der Waals surface area contributed by atoms with Crippen LogP contribution in [0.3, 0.4) is 0 Å². The van der Waals surface area contributed by atoms with Crippen molar-refractivity contribution in [3.63, 3.8) is 0 Å². The molecule has 0 bridgehead atoms. The highest BCUT2D eigenvalue weighted by molar-refractivity contribution is 6.07. The van der Waals surface area contributed by atoms with Crippen LogP contribution in [0, 0.1) is 11.3 Å². The number of nitrogens with one attached hydrogen (secondary N) is 1. The highest BCUT2D eigenvalue weighted by Crippen LogP contribution is 2.32. The maximum atomic E-state index is 12.9. The summed E-state index contributed by atoms with van der Waals surface area (Å²) in [6.07, 6.45) is 0.338. The molecule has 3 rings (SSSR count). The van der Waals surface area contributed by atoms with E-state index in [0.29, 0.717) is 12.0 Å². The number of benzene rings is 2. The molecule has 2 aromatic rings. The first-order valence-corrected chi connectivity index (χ1v) is 7.28. The lowest BCUT2D eigenvalue weighted by Crippen LogP contribution is -2.46. The molecule has 23 heavy (non-hydrogen) atoms. The smallest absolute Gasteiger partial charge is 0.319 e. The van der Waals surface area contributed by atoms with Gasteiger partial charge in [-0.05, 0) is 11.1 Å². The fourth-order valence-electron chi connectivity index (χ4n) is 2.88. The summed E-state index contributed by atoms with van der Waals surface area (Å²) < 4.78 is 0. The average Bonchev–Trinajstić information content (AvgIpc) is 2.82. The van der Waals surface area contributed by atoms with Crippen molar-refractivity contribution in [3.05, 3.63) is 71.8 Å². The van der Waals surface area contributed by atoms with Crippen LogP contribution in [0.15, 0.2) is 60.7 Å². The van der Waals surface area contributed by atoms with Gasteiger partial charge in [-0.15, -0.1) is 0 Å². The molecular formula is C18H15N3O2. The molecule has 1 saturated heterocycles. The number of nitriles is 1. The molecule has 0 spiro atoms. The van der Waals surface area contributed by atoms with Crippen LogP contribution in [0.2, 0.25) is 0 Å². The predicted octanol–water partition coefficient (Wildman–Crippen LogP) is 2.20. The molecule has 5 nitrogen and oxygen atoms in total. The number of carbonyl (C=O) groups is 2. The lowest BCUT2D eigenvalue weighted by molar-refractivity contribution is -0.131. The summed E-state index contributed by atoms with van der Waals surface area (Å²) in [6, 6.07) is 20.0. The highest BCUT2D eigenvalue weighted by atomic mass is 16.2. The summed E-state index contributed by atoms with van der Waals surface area (Å²) in [5.41, 5.74) is 0.475. The van der Waals surface area contributed by atoms with Crippen LogP contribution in [0.25, 0.3) is 0 Å². The Morgan fingerprint density at radius 2 is 1.61 bits per heavy atom. The van der Waals surface area contributed by atoms with Gasteiger partial charge in [-0.1, -0.05) is 60.7 Å². The van der Waals surface area contributed by atoms with E-state index in [0.717, 1.165) is 10.5 Å². The van der Waals surface area contributed by atoms with E-state index in [-0.39, 0.29) is 12.5 Å². The molecule has 1 fully saturated rings. The first-order valence-electron chi connectivity index (χ1n) is 7.28. The molecular weight excluding hydrogens is 290 g/mol. The molecule has 3 amide bonds. The van der Waals surface area contributed by atoms with Gasteiger partial charge in [-0.25, -0.2) is 9.69 Å². The van der Waals surface area contributed by atoms with Crippen molar-refractivity contribution in [2.75, 3.05) is 6.54 Å². The molecule has 5 heteroatoms.